The zero-order chi connectivity index (χ0) is 32.5. The Morgan fingerprint density at radius 1 is 0.844 bits per heavy atom. The Balaban J connectivity index is 1.41. The van der Waals surface area contributed by atoms with Gasteiger partial charge in [0.1, 0.15) is 18.3 Å². The first kappa shape index (κ1) is 31.8. The van der Waals surface area contributed by atoms with Crippen LogP contribution in [0.5, 0.6) is 0 Å². The molecule has 0 amide bonds. The average molecular weight is 621 g/mol. The zero-order valence-electron chi connectivity index (χ0n) is 27.7. The molecule has 8 nitrogen and oxygen atoms in total. The Labute approximate surface area is 266 Å². The Bertz CT molecular complexity index is 1410. The highest BCUT2D eigenvalue weighted by molar-refractivity contribution is 5.89. The summed E-state index contributed by atoms with van der Waals surface area (Å²) in [7, 11) is 0. The van der Waals surface area contributed by atoms with Crippen LogP contribution in [0.2, 0.25) is 0 Å². The van der Waals surface area contributed by atoms with Gasteiger partial charge in [0.2, 0.25) is 0 Å². The summed E-state index contributed by atoms with van der Waals surface area (Å²) in [5.74, 6) is -0.822. The summed E-state index contributed by atoms with van der Waals surface area (Å²) in [6.45, 7) is 14.5. The van der Waals surface area contributed by atoms with Crippen LogP contribution in [0.3, 0.4) is 0 Å². The van der Waals surface area contributed by atoms with Gasteiger partial charge in [-0.1, -0.05) is 64.5 Å². The minimum Gasteiger partial charge on any atom is -0.465 e. The lowest BCUT2D eigenvalue weighted by Crippen LogP contribution is -2.70. The van der Waals surface area contributed by atoms with Gasteiger partial charge in [-0.05, 0) is 61.0 Å². The monoisotopic (exact) mass is 620 g/mol. The highest BCUT2D eigenvalue weighted by atomic mass is 16.6. The molecule has 3 saturated carbocycles. The Hall–Kier alpha value is -3.16. The van der Waals surface area contributed by atoms with Crippen LogP contribution >= 0.6 is 0 Å². The summed E-state index contributed by atoms with van der Waals surface area (Å²) in [4.78, 5) is 50.9. The molecule has 1 aromatic rings. The maximum absolute atomic E-state index is 13.3. The molecule has 6 rings (SSSR count). The minimum atomic E-state index is -0.515. The average Bonchev–Trinajstić information content (AvgIpc) is 3.55. The predicted octanol–water partition coefficient (Wildman–Crippen LogP) is 6.46. The van der Waals surface area contributed by atoms with Crippen molar-refractivity contribution in [2.75, 3.05) is 6.61 Å². The van der Waals surface area contributed by atoms with E-state index in [1.807, 2.05) is 18.2 Å². The van der Waals surface area contributed by atoms with Crippen LogP contribution in [0.15, 0.2) is 42.0 Å². The summed E-state index contributed by atoms with van der Waals surface area (Å²) in [5.41, 5.74) is 0.111. The fourth-order valence-corrected chi connectivity index (χ4v) is 11.1. The first-order valence-electron chi connectivity index (χ1n) is 16.6. The fraction of sp³-hybridized carbons (Fsp3) is 0.676. The highest BCUT2D eigenvalue weighted by Gasteiger charge is 2.72. The van der Waals surface area contributed by atoms with Crippen molar-refractivity contribution in [1.82, 2.24) is 0 Å². The van der Waals surface area contributed by atoms with Gasteiger partial charge in [0.05, 0.1) is 18.6 Å². The van der Waals surface area contributed by atoms with Crippen molar-refractivity contribution in [3.05, 3.63) is 47.5 Å². The topological polar surface area (TPSA) is 105 Å². The lowest BCUT2D eigenvalue weighted by Gasteiger charge is -2.70. The molecular weight excluding hydrogens is 572 g/mol. The van der Waals surface area contributed by atoms with Crippen molar-refractivity contribution >= 4 is 23.9 Å². The molecular formula is C37H48O8. The van der Waals surface area contributed by atoms with Gasteiger partial charge in [-0.3, -0.25) is 14.4 Å². The van der Waals surface area contributed by atoms with Gasteiger partial charge < -0.3 is 18.9 Å². The van der Waals surface area contributed by atoms with Crippen LogP contribution < -0.4 is 0 Å². The summed E-state index contributed by atoms with van der Waals surface area (Å²) in [6, 6.07) is 8.96. The predicted molar refractivity (Wildman–Crippen MR) is 166 cm³/mol. The third-order valence-electron chi connectivity index (χ3n) is 13.1. The van der Waals surface area contributed by atoms with E-state index >= 15 is 0 Å². The molecule has 0 spiro atoms. The van der Waals surface area contributed by atoms with Gasteiger partial charge in [-0.15, -0.1) is 0 Å². The van der Waals surface area contributed by atoms with Gasteiger partial charge in [0, 0.05) is 42.4 Å². The third-order valence-corrected chi connectivity index (χ3v) is 13.1. The normalized spacial score (nSPS) is 41.4. The van der Waals surface area contributed by atoms with Crippen molar-refractivity contribution in [2.45, 2.75) is 105 Å². The third kappa shape index (κ3) is 4.84. The number of allylic oxidation sites excluding steroid dienone is 1. The maximum Gasteiger partial charge on any atom is 0.338 e. The molecule has 0 N–H and O–H groups in total. The van der Waals surface area contributed by atoms with Crippen molar-refractivity contribution in [3.8, 4) is 0 Å². The van der Waals surface area contributed by atoms with Crippen LogP contribution in [0.4, 0.5) is 0 Å². The van der Waals surface area contributed by atoms with Gasteiger partial charge in [0.25, 0.3) is 0 Å². The van der Waals surface area contributed by atoms with Crippen LogP contribution in [0, 0.1) is 45.3 Å². The van der Waals surface area contributed by atoms with Crippen LogP contribution in [0.1, 0.15) is 97.3 Å². The molecule has 0 bridgehead atoms. The maximum atomic E-state index is 13.3. The number of carbonyl (C=O) groups excluding carboxylic acids is 4. The number of rotatable bonds is 5. The van der Waals surface area contributed by atoms with E-state index in [-0.39, 0.29) is 47.0 Å². The van der Waals surface area contributed by atoms with E-state index in [1.54, 1.807) is 12.1 Å². The number of benzene rings is 1. The smallest absolute Gasteiger partial charge is 0.338 e. The molecule has 10 atom stereocenters. The quantitative estimate of drug-likeness (QED) is 0.210. The number of cyclic esters (lactones) is 1. The van der Waals surface area contributed by atoms with Gasteiger partial charge >= 0.3 is 23.9 Å². The van der Waals surface area contributed by atoms with Crippen LogP contribution in [-0.2, 0) is 33.3 Å². The van der Waals surface area contributed by atoms with E-state index in [1.165, 1.54) is 19.4 Å². The van der Waals surface area contributed by atoms with Crippen molar-refractivity contribution in [3.63, 3.8) is 0 Å². The number of hydrogen-bond acceptors (Lipinski definition) is 8. The summed E-state index contributed by atoms with van der Waals surface area (Å²) < 4.78 is 24.2. The first-order valence-corrected chi connectivity index (χ1v) is 16.6. The minimum absolute atomic E-state index is 0.0297. The SMILES string of the molecule is CC(=O)O[C@H]1C[C@@H](OC(=O)c2ccccc2)C(C)(C)[C@@H]2C[C@@H](OC(C)=O)[C@@]3(C)C4=CC[C@H](C5COC(=O)C5)[C@]4(C)CC[C@@H]3[C@@]12C. The molecule has 1 aliphatic heterocycles. The molecule has 4 fully saturated rings. The van der Waals surface area contributed by atoms with Crippen LogP contribution in [-0.4, -0.2) is 48.8 Å². The molecule has 0 radical (unpaired) electrons. The lowest BCUT2D eigenvalue weighted by molar-refractivity contribution is -0.259. The van der Waals surface area contributed by atoms with Crippen molar-refractivity contribution in [1.29, 1.82) is 0 Å². The number of fused-ring (bicyclic) bond motifs is 5. The Morgan fingerprint density at radius 2 is 1.51 bits per heavy atom. The Morgan fingerprint density at radius 3 is 2.13 bits per heavy atom. The summed E-state index contributed by atoms with van der Waals surface area (Å²) in [6.07, 6.45) is 4.97. The van der Waals surface area contributed by atoms with E-state index in [0.717, 1.165) is 19.3 Å². The standard InChI is InChI=1S/C37H48O8/c1-21(38)43-30-18-28-34(3,4)29(45-33(41)23-11-9-8-10-12-23)19-31(44-22(2)39)37(28,7)27-15-16-35(5)25(24-17-32(40)42-20-24)13-14-26(35)36(27,30)6/h8-12,14,24-25,27-31H,13,15-20H2,1-7H3/t24?,25-,27+,28+,29-,30-,31+,35+,36+,37-/m1/s1. The number of ether oxygens (including phenoxy) is 4. The fourth-order valence-electron chi connectivity index (χ4n) is 11.1. The van der Waals surface area contributed by atoms with Crippen LogP contribution in [0.25, 0.3) is 0 Å². The van der Waals surface area contributed by atoms with E-state index in [4.69, 9.17) is 18.9 Å². The molecule has 45 heavy (non-hydrogen) atoms. The molecule has 1 unspecified atom stereocenters. The van der Waals surface area contributed by atoms with Gasteiger partial charge in [-0.25, -0.2) is 4.79 Å². The molecule has 1 aromatic carbocycles. The molecule has 1 saturated heterocycles. The highest BCUT2D eigenvalue weighted by Crippen LogP contribution is 2.74. The zero-order valence-corrected chi connectivity index (χ0v) is 27.7. The molecule has 244 valence electrons. The first-order chi connectivity index (χ1) is 21.1. The molecule has 4 aliphatic carbocycles. The summed E-state index contributed by atoms with van der Waals surface area (Å²) >= 11 is 0. The number of esters is 4. The molecule has 1 heterocycles. The van der Waals surface area contributed by atoms with Gasteiger partial charge in [0.15, 0.2) is 0 Å². The van der Waals surface area contributed by atoms with Gasteiger partial charge in [-0.2, -0.15) is 0 Å². The van der Waals surface area contributed by atoms with E-state index in [0.29, 0.717) is 31.4 Å². The Kier molecular flexibility index (Phi) is 7.76. The molecule has 8 heteroatoms. The molecule has 5 aliphatic rings. The largest absolute Gasteiger partial charge is 0.465 e. The van der Waals surface area contributed by atoms with Crippen molar-refractivity contribution in [2.24, 2.45) is 45.3 Å². The second kappa shape index (κ2) is 11.0. The lowest BCUT2D eigenvalue weighted by atomic mass is 9.36. The molecule has 0 aromatic heterocycles. The van der Waals surface area contributed by atoms with Crippen molar-refractivity contribution < 1.29 is 38.1 Å². The van der Waals surface area contributed by atoms with E-state index < -0.39 is 40.5 Å². The van der Waals surface area contributed by atoms with E-state index in [2.05, 4.69) is 40.7 Å². The number of carbonyl (C=O) groups is 4. The number of hydrogen-bond donors (Lipinski definition) is 0. The second-order valence-electron chi connectivity index (χ2n) is 15.6. The summed E-state index contributed by atoms with van der Waals surface area (Å²) in [5, 5.41) is 0. The van der Waals surface area contributed by atoms with E-state index in [9.17, 15) is 19.2 Å². The second-order valence-corrected chi connectivity index (χ2v) is 15.6.